The van der Waals surface area contributed by atoms with Crippen LogP contribution >= 0.6 is 0 Å². The molecular weight excluding hydrogens is 338 g/mol. The van der Waals surface area contributed by atoms with E-state index in [1.807, 2.05) is 0 Å². The van der Waals surface area contributed by atoms with Crippen molar-refractivity contribution in [1.29, 1.82) is 0 Å². The van der Waals surface area contributed by atoms with Crippen LogP contribution < -0.4 is 0 Å². The largest absolute Gasteiger partial charge is 0.507 e. The van der Waals surface area contributed by atoms with E-state index in [4.69, 9.17) is 0 Å². The maximum absolute atomic E-state index is 12.9. The van der Waals surface area contributed by atoms with Crippen LogP contribution in [0.1, 0.15) is 6.42 Å². The highest BCUT2D eigenvalue weighted by Crippen LogP contribution is 2.38. The minimum absolute atomic E-state index is 0.00125. The van der Waals surface area contributed by atoms with Crippen LogP contribution in [-0.2, 0) is 19.9 Å². The van der Waals surface area contributed by atoms with E-state index in [2.05, 4.69) is 0 Å². The first-order chi connectivity index (χ1) is 10.8. The summed E-state index contributed by atoms with van der Waals surface area (Å²) in [5.74, 6) is -0.213. The second-order valence-corrected chi connectivity index (χ2v) is 10.3. The summed E-state index contributed by atoms with van der Waals surface area (Å²) < 4.78 is 50.6. The van der Waals surface area contributed by atoms with Crippen LogP contribution in [0.2, 0.25) is 0 Å². The van der Waals surface area contributed by atoms with Gasteiger partial charge in [0.15, 0.2) is 9.84 Å². The van der Waals surface area contributed by atoms with E-state index in [1.54, 1.807) is 24.3 Å². The molecule has 0 amide bonds. The summed E-state index contributed by atoms with van der Waals surface area (Å²) in [7, 11) is -6.99. The monoisotopic (exact) mass is 353 g/mol. The van der Waals surface area contributed by atoms with Crippen LogP contribution in [0, 0.1) is 0 Å². The maximum atomic E-state index is 12.9. The summed E-state index contributed by atoms with van der Waals surface area (Å²) in [6.07, 6.45) is 0.362. The predicted molar refractivity (Wildman–Crippen MR) is 85.5 cm³/mol. The Morgan fingerprint density at radius 1 is 1.17 bits per heavy atom. The summed E-state index contributed by atoms with van der Waals surface area (Å²) in [6, 6.07) is 9.23. The van der Waals surface area contributed by atoms with E-state index in [0.717, 1.165) is 0 Å². The number of sulfonamides is 1. The van der Waals surface area contributed by atoms with E-state index in [0.29, 0.717) is 17.2 Å². The second kappa shape index (κ2) is 4.68. The van der Waals surface area contributed by atoms with Crippen LogP contribution in [0.15, 0.2) is 41.3 Å². The fourth-order valence-corrected chi connectivity index (χ4v) is 7.46. The van der Waals surface area contributed by atoms with Gasteiger partial charge >= 0.3 is 0 Å². The molecule has 2 aromatic carbocycles. The lowest BCUT2D eigenvalue weighted by Gasteiger charge is -2.26. The standard InChI is InChI=1S/C15H15NO5S2/c17-15-7-12(5-10-3-1-2-4-14(10)15)23(20,21)16-8-13-6-11(16)9-22(13,18)19/h1-5,7,11,13,17H,6,8-9H2. The molecule has 2 heterocycles. The lowest BCUT2D eigenvalue weighted by Crippen LogP contribution is -2.43. The van der Waals surface area contributed by atoms with Crippen molar-refractivity contribution in [2.75, 3.05) is 12.3 Å². The molecule has 23 heavy (non-hydrogen) atoms. The molecular formula is C15H15NO5S2. The molecule has 0 saturated carbocycles. The highest BCUT2D eigenvalue weighted by Gasteiger charge is 2.52. The molecule has 2 bridgehead atoms. The lowest BCUT2D eigenvalue weighted by atomic mass is 10.1. The molecule has 0 aromatic heterocycles. The van der Waals surface area contributed by atoms with E-state index in [-0.39, 0.29) is 22.9 Å². The molecule has 4 rings (SSSR count). The second-order valence-electron chi connectivity index (χ2n) is 6.08. The number of sulfone groups is 1. The van der Waals surface area contributed by atoms with Crippen molar-refractivity contribution >= 4 is 30.6 Å². The van der Waals surface area contributed by atoms with Crippen molar-refractivity contribution in [1.82, 2.24) is 4.31 Å². The smallest absolute Gasteiger partial charge is 0.243 e. The van der Waals surface area contributed by atoms with Crippen molar-refractivity contribution in [3.63, 3.8) is 0 Å². The number of nitrogens with zero attached hydrogens (tertiary/aromatic N) is 1. The van der Waals surface area contributed by atoms with Crippen molar-refractivity contribution in [3.8, 4) is 5.75 Å². The average molecular weight is 353 g/mol. The highest BCUT2D eigenvalue weighted by molar-refractivity contribution is 7.93. The molecule has 1 N–H and O–H groups in total. The van der Waals surface area contributed by atoms with Gasteiger partial charge in [-0.1, -0.05) is 24.3 Å². The zero-order valence-electron chi connectivity index (χ0n) is 12.1. The highest BCUT2D eigenvalue weighted by atomic mass is 32.2. The molecule has 0 radical (unpaired) electrons. The Hall–Kier alpha value is -1.64. The zero-order chi connectivity index (χ0) is 16.4. The fraction of sp³-hybridized carbons (Fsp3) is 0.333. The number of benzene rings is 2. The van der Waals surface area contributed by atoms with Gasteiger partial charge in [-0.2, -0.15) is 4.31 Å². The molecule has 2 aliphatic rings. The van der Waals surface area contributed by atoms with Crippen LogP contribution in [0.25, 0.3) is 10.8 Å². The third-order valence-electron chi connectivity index (χ3n) is 4.68. The molecule has 2 atom stereocenters. The third-order valence-corrected chi connectivity index (χ3v) is 8.78. The summed E-state index contributed by atoms with van der Waals surface area (Å²) in [4.78, 5) is -0.00125. The van der Waals surface area contributed by atoms with E-state index < -0.39 is 31.2 Å². The van der Waals surface area contributed by atoms with Crippen molar-refractivity contribution in [2.45, 2.75) is 22.6 Å². The first kappa shape index (κ1) is 14.9. The van der Waals surface area contributed by atoms with Gasteiger partial charge in [-0.25, -0.2) is 16.8 Å². The molecule has 0 spiro atoms. The first-order valence-corrected chi connectivity index (χ1v) is 10.4. The Kier molecular flexibility index (Phi) is 3.04. The fourth-order valence-electron chi connectivity index (χ4n) is 3.50. The Labute approximate surface area is 134 Å². The third kappa shape index (κ3) is 2.16. The Morgan fingerprint density at radius 2 is 1.91 bits per heavy atom. The number of aromatic hydroxyl groups is 1. The minimum atomic E-state index is -3.82. The average Bonchev–Trinajstić information content (AvgIpc) is 3.03. The number of hydrogen-bond acceptors (Lipinski definition) is 5. The summed E-state index contributed by atoms with van der Waals surface area (Å²) in [5.41, 5.74) is 0. The molecule has 122 valence electrons. The Balaban J connectivity index is 1.79. The van der Waals surface area contributed by atoms with E-state index in [1.165, 1.54) is 16.4 Å². The zero-order valence-corrected chi connectivity index (χ0v) is 13.7. The summed E-state index contributed by atoms with van der Waals surface area (Å²) >= 11 is 0. The van der Waals surface area contributed by atoms with Gasteiger partial charge < -0.3 is 5.11 Å². The van der Waals surface area contributed by atoms with Crippen LogP contribution in [-0.4, -0.2) is 49.8 Å². The lowest BCUT2D eigenvalue weighted by molar-refractivity contribution is 0.402. The Morgan fingerprint density at radius 3 is 2.57 bits per heavy atom. The molecule has 0 aliphatic carbocycles. The summed E-state index contributed by atoms with van der Waals surface area (Å²) in [5, 5.41) is 10.7. The number of hydrogen-bond donors (Lipinski definition) is 1. The maximum Gasteiger partial charge on any atom is 0.243 e. The van der Waals surface area contributed by atoms with E-state index in [9.17, 15) is 21.9 Å². The molecule has 2 saturated heterocycles. The SMILES string of the molecule is O=S1(=O)CC2CC1CN2S(=O)(=O)c1cc(O)c2ccccc2c1. The van der Waals surface area contributed by atoms with Crippen LogP contribution in [0.5, 0.6) is 5.75 Å². The topological polar surface area (TPSA) is 91.8 Å². The van der Waals surface area contributed by atoms with Gasteiger partial charge in [-0.15, -0.1) is 0 Å². The molecule has 2 aliphatic heterocycles. The normalized spacial score (nSPS) is 26.8. The van der Waals surface area contributed by atoms with Crippen molar-refractivity contribution in [2.24, 2.45) is 0 Å². The van der Waals surface area contributed by atoms with Gasteiger partial charge in [0, 0.05) is 24.0 Å². The van der Waals surface area contributed by atoms with Crippen LogP contribution in [0.4, 0.5) is 0 Å². The van der Waals surface area contributed by atoms with Crippen molar-refractivity contribution < 1.29 is 21.9 Å². The molecule has 8 heteroatoms. The quantitative estimate of drug-likeness (QED) is 0.873. The van der Waals surface area contributed by atoms with E-state index >= 15 is 0 Å². The molecule has 2 fully saturated rings. The molecule has 2 unspecified atom stereocenters. The minimum Gasteiger partial charge on any atom is -0.507 e. The van der Waals surface area contributed by atoms with Gasteiger partial charge in [0.1, 0.15) is 5.75 Å². The van der Waals surface area contributed by atoms with Gasteiger partial charge in [0.05, 0.1) is 15.9 Å². The summed E-state index contributed by atoms with van der Waals surface area (Å²) in [6.45, 7) is 0.00290. The van der Waals surface area contributed by atoms with Crippen LogP contribution in [0.3, 0.4) is 0 Å². The first-order valence-electron chi connectivity index (χ1n) is 7.24. The van der Waals surface area contributed by atoms with Gasteiger partial charge in [-0.3, -0.25) is 0 Å². The predicted octanol–water partition coefficient (Wildman–Crippen LogP) is 1.11. The molecule has 6 nitrogen and oxygen atoms in total. The number of fused-ring (bicyclic) bond motifs is 3. The van der Waals surface area contributed by atoms with Gasteiger partial charge in [-0.05, 0) is 17.9 Å². The number of phenols is 1. The number of rotatable bonds is 2. The van der Waals surface area contributed by atoms with Gasteiger partial charge in [0.25, 0.3) is 0 Å². The Bertz CT molecular complexity index is 1010. The number of phenolic OH excluding ortho intramolecular Hbond substituents is 1. The van der Waals surface area contributed by atoms with Crippen molar-refractivity contribution in [3.05, 3.63) is 36.4 Å². The molecule has 2 aromatic rings. The van der Waals surface area contributed by atoms with Gasteiger partial charge in [0.2, 0.25) is 10.0 Å².